The van der Waals surface area contributed by atoms with E-state index in [0.717, 1.165) is 0 Å². The Bertz CT molecular complexity index is 1620. The largest absolute Gasteiger partial charge is 0.370 e. The van der Waals surface area contributed by atoms with Crippen molar-refractivity contribution in [3.05, 3.63) is 76.5 Å². The minimum atomic E-state index is -3.81. The second kappa shape index (κ2) is 10.5. The van der Waals surface area contributed by atoms with E-state index in [2.05, 4.69) is 20.0 Å². The number of benzene rings is 2. The van der Waals surface area contributed by atoms with Gasteiger partial charge in [-0.3, -0.25) is 4.79 Å². The molecule has 1 fully saturated rings. The van der Waals surface area contributed by atoms with Crippen molar-refractivity contribution < 1.29 is 17.6 Å². The molecule has 4 aromatic rings. The van der Waals surface area contributed by atoms with Gasteiger partial charge in [-0.1, -0.05) is 29.3 Å². The van der Waals surface area contributed by atoms with Gasteiger partial charge < -0.3 is 14.6 Å². The number of rotatable bonds is 6. The smallest absolute Gasteiger partial charge is 0.275 e. The van der Waals surface area contributed by atoms with Gasteiger partial charge in [0.2, 0.25) is 0 Å². The molecule has 0 aliphatic carbocycles. The lowest BCUT2D eigenvalue weighted by Gasteiger charge is -2.34. The van der Waals surface area contributed by atoms with E-state index in [1.807, 2.05) is 4.90 Å². The first-order chi connectivity index (χ1) is 18.1. The van der Waals surface area contributed by atoms with E-state index >= 15 is 0 Å². The second-order valence-corrected chi connectivity index (χ2v) is 10.9. The van der Waals surface area contributed by atoms with Crippen LogP contribution in [0.25, 0.3) is 16.9 Å². The molecule has 0 unspecified atom stereocenters. The number of fused-ring (bicyclic) bond motifs is 1. The summed E-state index contributed by atoms with van der Waals surface area (Å²) in [6.07, 6.45) is 5.71. The summed E-state index contributed by atoms with van der Waals surface area (Å²) in [6, 6.07) is 8.82. The predicted molar refractivity (Wildman–Crippen MR) is 144 cm³/mol. The molecule has 14 heteroatoms. The van der Waals surface area contributed by atoms with Crippen molar-refractivity contribution >= 4 is 56.3 Å². The zero-order valence-corrected chi connectivity index (χ0v) is 22.1. The fourth-order valence-corrected chi connectivity index (χ4v) is 5.75. The zero-order chi connectivity index (χ0) is 27.0. The fraction of sp³-hybridized carbons (Fsp3) is 0.208. The van der Waals surface area contributed by atoms with Crippen LogP contribution in [-0.2, 0) is 10.2 Å². The third-order valence-electron chi connectivity index (χ3n) is 6.18. The van der Waals surface area contributed by atoms with Crippen LogP contribution in [0.1, 0.15) is 23.3 Å². The molecular formula is C24H22Cl2FN7O3S. The Morgan fingerprint density at radius 3 is 2.53 bits per heavy atom. The molecule has 0 bridgehead atoms. The van der Waals surface area contributed by atoms with Gasteiger partial charge in [0.05, 0.1) is 21.4 Å². The molecule has 1 saturated heterocycles. The minimum absolute atomic E-state index is 0.0350. The Morgan fingerprint density at radius 1 is 1.13 bits per heavy atom. The van der Waals surface area contributed by atoms with Crippen molar-refractivity contribution in [2.45, 2.75) is 18.9 Å². The summed E-state index contributed by atoms with van der Waals surface area (Å²) in [4.78, 5) is 24.2. The fourth-order valence-electron chi connectivity index (χ4n) is 4.47. The number of carbonyl (C=O) groups excluding carboxylic acids is 1. The number of halogens is 3. The molecule has 10 nitrogen and oxygen atoms in total. The number of aromatic nitrogens is 3. The zero-order valence-electron chi connectivity index (χ0n) is 19.7. The summed E-state index contributed by atoms with van der Waals surface area (Å²) >= 11 is 12.8. The average molecular weight is 578 g/mol. The van der Waals surface area contributed by atoms with Crippen LogP contribution >= 0.6 is 23.2 Å². The van der Waals surface area contributed by atoms with Gasteiger partial charge in [-0.15, -0.1) is 0 Å². The maximum atomic E-state index is 14.2. The maximum Gasteiger partial charge on any atom is 0.275 e. The normalized spacial score (nSPS) is 14.7. The number of nitrogens with one attached hydrogen (secondary N) is 2. The van der Waals surface area contributed by atoms with E-state index in [1.54, 1.807) is 41.1 Å². The topological polar surface area (TPSA) is 135 Å². The van der Waals surface area contributed by atoms with E-state index in [0.29, 0.717) is 58.6 Å². The number of hydrogen-bond acceptors (Lipinski definition) is 6. The molecule has 4 N–H and O–H groups in total. The van der Waals surface area contributed by atoms with Crippen LogP contribution in [0.3, 0.4) is 0 Å². The van der Waals surface area contributed by atoms with Crippen molar-refractivity contribution in [2.75, 3.05) is 23.3 Å². The van der Waals surface area contributed by atoms with Crippen LogP contribution in [0, 0.1) is 5.82 Å². The van der Waals surface area contributed by atoms with E-state index in [9.17, 15) is 17.6 Å². The van der Waals surface area contributed by atoms with Gasteiger partial charge in [0.25, 0.3) is 16.1 Å². The van der Waals surface area contributed by atoms with Crippen LogP contribution in [0.2, 0.25) is 10.0 Å². The highest BCUT2D eigenvalue weighted by atomic mass is 35.5. The second-order valence-electron chi connectivity index (χ2n) is 8.77. The van der Waals surface area contributed by atoms with Crippen molar-refractivity contribution in [1.29, 1.82) is 0 Å². The summed E-state index contributed by atoms with van der Waals surface area (Å²) in [6.45, 7) is 0.937. The van der Waals surface area contributed by atoms with Gasteiger partial charge in [-0.2, -0.15) is 13.1 Å². The summed E-state index contributed by atoms with van der Waals surface area (Å²) in [5, 5.41) is 8.55. The monoisotopic (exact) mass is 577 g/mol. The third-order valence-corrected chi connectivity index (χ3v) is 7.47. The van der Waals surface area contributed by atoms with Gasteiger partial charge in [-0.05, 0) is 43.2 Å². The Hall–Kier alpha value is -3.29. The molecular weight excluding hydrogens is 556 g/mol. The summed E-state index contributed by atoms with van der Waals surface area (Å²) in [5.74, 6) is -1.11. The molecule has 1 aliphatic heterocycles. The molecule has 2 aromatic heterocycles. The molecule has 5 rings (SSSR count). The first-order valence-electron chi connectivity index (χ1n) is 11.5. The van der Waals surface area contributed by atoms with Gasteiger partial charge >= 0.3 is 0 Å². The molecule has 0 atom stereocenters. The van der Waals surface area contributed by atoms with Crippen molar-refractivity contribution in [1.82, 2.24) is 19.1 Å². The van der Waals surface area contributed by atoms with Crippen LogP contribution in [0.15, 0.2) is 55.0 Å². The highest BCUT2D eigenvalue weighted by Gasteiger charge is 2.25. The molecule has 2 aromatic carbocycles. The molecule has 198 valence electrons. The lowest BCUT2D eigenvalue weighted by atomic mass is 10.0. The molecule has 0 saturated carbocycles. The van der Waals surface area contributed by atoms with E-state index < -0.39 is 21.9 Å². The first kappa shape index (κ1) is 26.3. The lowest BCUT2D eigenvalue weighted by Crippen LogP contribution is -2.46. The lowest BCUT2D eigenvalue weighted by molar-refractivity contribution is 0.102. The van der Waals surface area contributed by atoms with Crippen LogP contribution in [0.5, 0.6) is 0 Å². The van der Waals surface area contributed by atoms with Crippen LogP contribution in [0.4, 0.5) is 15.8 Å². The predicted octanol–water partition coefficient (Wildman–Crippen LogP) is 3.86. The quantitative estimate of drug-likeness (QED) is 0.318. The summed E-state index contributed by atoms with van der Waals surface area (Å²) < 4.78 is 41.0. The van der Waals surface area contributed by atoms with Gasteiger partial charge in [0, 0.05) is 43.3 Å². The molecule has 0 radical (unpaired) electrons. The molecule has 1 amide bonds. The average Bonchev–Trinajstić information content (AvgIpc) is 3.33. The number of nitrogens with two attached hydrogens (primary N) is 1. The molecule has 38 heavy (non-hydrogen) atoms. The minimum Gasteiger partial charge on any atom is -0.370 e. The Labute approximate surface area is 227 Å². The van der Waals surface area contributed by atoms with Gasteiger partial charge in [0.1, 0.15) is 17.2 Å². The standard InChI is InChI=1S/C24H22Cl2FN7O3S/c25-16-2-1-3-17(26)21(16)22-23-29-8-11-34(23)13-19(30-22)24(35)31-18-12-14(27)4-5-20(18)33-9-6-15(7-10-33)32-38(28,36)37/h1-5,8,11-13,15,32H,6-7,9-10H2,(H,31,35)(H2,28,36,37). The number of imidazole rings is 1. The van der Waals surface area contributed by atoms with E-state index in [4.69, 9.17) is 28.3 Å². The number of nitrogens with zero attached hydrogens (tertiary/aromatic N) is 4. The van der Waals surface area contributed by atoms with Crippen molar-refractivity contribution in [3.8, 4) is 11.3 Å². The van der Waals surface area contributed by atoms with Crippen molar-refractivity contribution in [2.24, 2.45) is 5.14 Å². The highest BCUT2D eigenvalue weighted by Crippen LogP contribution is 2.36. The number of anilines is 2. The van der Waals surface area contributed by atoms with Gasteiger partial charge in [0.15, 0.2) is 5.65 Å². The van der Waals surface area contributed by atoms with E-state index in [1.165, 1.54) is 18.3 Å². The summed E-state index contributed by atoms with van der Waals surface area (Å²) in [5.41, 5.74) is 2.09. The highest BCUT2D eigenvalue weighted by molar-refractivity contribution is 7.87. The van der Waals surface area contributed by atoms with Gasteiger partial charge in [-0.25, -0.2) is 19.5 Å². The molecule has 3 heterocycles. The first-order valence-corrected chi connectivity index (χ1v) is 13.8. The summed E-state index contributed by atoms with van der Waals surface area (Å²) in [7, 11) is -3.81. The van der Waals surface area contributed by atoms with Crippen molar-refractivity contribution in [3.63, 3.8) is 0 Å². The number of carbonyl (C=O) groups is 1. The number of amides is 1. The third kappa shape index (κ3) is 5.59. The number of piperidine rings is 1. The van der Waals surface area contributed by atoms with E-state index in [-0.39, 0.29) is 17.4 Å². The Morgan fingerprint density at radius 2 is 1.84 bits per heavy atom. The molecule has 0 spiro atoms. The van der Waals surface area contributed by atoms with Crippen LogP contribution in [-0.4, -0.2) is 47.8 Å². The number of hydrogen-bond donors (Lipinski definition) is 3. The SMILES string of the molecule is NS(=O)(=O)NC1CCN(c2ccc(F)cc2NC(=O)c2cn3ccnc3c(-c3c(Cl)cccc3Cl)n2)CC1. The Balaban J connectivity index is 1.44. The molecule has 1 aliphatic rings. The Kier molecular flexibility index (Phi) is 7.25. The van der Waals surface area contributed by atoms with Crippen LogP contribution < -0.4 is 20.1 Å². The maximum absolute atomic E-state index is 14.2.